The Bertz CT molecular complexity index is 902. The Labute approximate surface area is 139 Å². The third-order valence-corrected chi connectivity index (χ3v) is 3.81. The van der Waals surface area contributed by atoms with Gasteiger partial charge in [0, 0.05) is 11.6 Å². The smallest absolute Gasteiger partial charge is 0.259 e. The van der Waals surface area contributed by atoms with E-state index in [1.165, 1.54) is 19.2 Å². The summed E-state index contributed by atoms with van der Waals surface area (Å²) < 4.78 is 19.5. The van der Waals surface area contributed by atoms with Crippen LogP contribution in [-0.2, 0) is 0 Å². The Morgan fingerprint density at radius 2 is 2.13 bits per heavy atom. The number of amides is 1. The number of nitrogens with one attached hydrogen (secondary N) is 1. The molecule has 5 nitrogen and oxygen atoms in total. The minimum atomic E-state index is -0.658. The van der Waals surface area contributed by atoms with Gasteiger partial charge in [0.1, 0.15) is 17.4 Å². The molecule has 0 unspecified atom stereocenters. The molecule has 0 aliphatic carbocycles. The zero-order chi connectivity index (χ0) is 16.4. The van der Waals surface area contributed by atoms with Gasteiger partial charge in [-0.3, -0.25) is 4.79 Å². The number of benzene rings is 1. The van der Waals surface area contributed by atoms with Crippen LogP contribution in [0.25, 0.3) is 11.0 Å². The minimum Gasteiger partial charge on any atom is -0.496 e. The van der Waals surface area contributed by atoms with Crippen LogP contribution in [0.2, 0.25) is 0 Å². The maximum absolute atomic E-state index is 14.0. The highest BCUT2D eigenvalue weighted by molar-refractivity contribution is 9.10. The van der Waals surface area contributed by atoms with Crippen molar-refractivity contribution in [2.75, 3.05) is 12.4 Å². The lowest BCUT2D eigenvalue weighted by Crippen LogP contribution is -2.15. The number of methoxy groups -OCH3 is 1. The summed E-state index contributed by atoms with van der Waals surface area (Å²) in [7, 11) is 1.44. The zero-order valence-electron chi connectivity index (χ0n) is 12.0. The summed E-state index contributed by atoms with van der Waals surface area (Å²) in [5, 5.41) is 3.41. The van der Waals surface area contributed by atoms with E-state index in [2.05, 4.69) is 31.2 Å². The predicted molar refractivity (Wildman–Crippen MR) is 88.1 cm³/mol. The lowest BCUT2D eigenvalue weighted by atomic mass is 10.2. The first-order valence-electron chi connectivity index (χ1n) is 6.64. The summed E-state index contributed by atoms with van der Waals surface area (Å²) in [6.45, 7) is 0. The van der Waals surface area contributed by atoms with Gasteiger partial charge < -0.3 is 10.1 Å². The standard InChI is InChI=1S/C16H11BrFN3O2/c1-23-13-7-10(12(18)8-11(13)17)16(22)21-14-5-4-9-3-2-6-19-15(9)20-14/h2-8H,1H3,(H,19,20,21,22). The van der Waals surface area contributed by atoms with Crippen LogP contribution in [0.1, 0.15) is 10.4 Å². The fraction of sp³-hybridized carbons (Fsp3) is 0.0625. The number of hydrogen-bond acceptors (Lipinski definition) is 4. The number of rotatable bonds is 3. The van der Waals surface area contributed by atoms with Crippen molar-refractivity contribution >= 4 is 38.7 Å². The first-order valence-corrected chi connectivity index (χ1v) is 7.44. The number of aromatic nitrogens is 2. The average molecular weight is 376 g/mol. The molecule has 0 radical (unpaired) electrons. The van der Waals surface area contributed by atoms with Crippen molar-refractivity contribution < 1.29 is 13.9 Å². The third kappa shape index (κ3) is 3.14. The van der Waals surface area contributed by atoms with Gasteiger partial charge in [0.25, 0.3) is 5.91 Å². The van der Waals surface area contributed by atoms with E-state index >= 15 is 0 Å². The topological polar surface area (TPSA) is 64.1 Å². The van der Waals surface area contributed by atoms with Crippen LogP contribution in [0.5, 0.6) is 5.75 Å². The molecular weight excluding hydrogens is 365 g/mol. The van der Waals surface area contributed by atoms with Crippen LogP contribution in [0.15, 0.2) is 47.1 Å². The molecular formula is C16H11BrFN3O2. The molecule has 116 valence electrons. The van der Waals surface area contributed by atoms with Gasteiger partial charge in [0.15, 0.2) is 5.65 Å². The Kier molecular flexibility index (Phi) is 4.20. The molecule has 3 aromatic rings. The van der Waals surface area contributed by atoms with Gasteiger partial charge in [-0.1, -0.05) is 0 Å². The number of hydrogen-bond donors (Lipinski definition) is 1. The van der Waals surface area contributed by atoms with Crippen LogP contribution in [0.4, 0.5) is 10.2 Å². The van der Waals surface area contributed by atoms with Gasteiger partial charge in [-0.15, -0.1) is 0 Å². The van der Waals surface area contributed by atoms with E-state index in [1.807, 2.05) is 6.07 Å². The summed E-state index contributed by atoms with van der Waals surface area (Å²) in [5.74, 6) is -0.614. The van der Waals surface area contributed by atoms with E-state index in [-0.39, 0.29) is 5.56 Å². The van der Waals surface area contributed by atoms with Crippen LogP contribution >= 0.6 is 15.9 Å². The summed E-state index contributed by atoms with van der Waals surface area (Å²) in [4.78, 5) is 20.6. The van der Waals surface area contributed by atoms with Gasteiger partial charge >= 0.3 is 0 Å². The maximum atomic E-state index is 14.0. The minimum absolute atomic E-state index is 0.132. The molecule has 0 saturated carbocycles. The number of pyridine rings is 2. The Balaban J connectivity index is 1.91. The highest BCUT2D eigenvalue weighted by atomic mass is 79.9. The molecule has 0 aliphatic rings. The predicted octanol–water partition coefficient (Wildman–Crippen LogP) is 3.79. The van der Waals surface area contributed by atoms with Gasteiger partial charge in [0.2, 0.25) is 0 Å². The second kappa shape index (κ2) is 6.29. The summed E-state index contributed by atoms with van der Waals surface area (Å²) >= 11 is 3.17. The average Bonchev–Trinajstić information content (AvgIpc) is 2.54. The molecule has 2 aromatic heterocycles. The number of ether oxygens (including phenoxy) is 1. The molecule has 1 aromatic carbocycles. The van der Waals surface area contributed by atoms with Crippen molar-refractivity contribution in [3.8, 4) is 5.75 Å². The van der Waals surface area contributed by atoms with Crippen LogP contribution in [0, 0.1) is 5.82 Å². The molecule has 0 bridgehead atoms. The number of carbonyl (C=O) groups excluding carboxylic acids is 1. The van der Waals surface area contributed by atoms with Gasteiger partial charge in [-0.2, -0.15) is 0 Å². The fourth-order valence-corrected chi connectivity index (χ4v) is 2.54. The molecule has 0 saturated heterocycles. The van der Waals surface area contributed by atoms with Crippen LogP contribution < -0.4 is 10.1 Å². The largest absolute Gasteiger partial charge is 0.496 e. The quantitative estimate of drug-likeness (QED) is 0.756. The van der Waals surface area contributed by atoms with Crippen molar-refractivity contribution in [2.45, 2.75) is 0 Å². The number of nitrogens with zero attached hydrogens (tertiary/aromatic N) is 2. The second-order valence-electron chi connectivity index (χ2n) is 4.67. The monoisotopic (exact) mass is 375 g/mol. The molecule has 0 atom stereocenters. The van der Waals surface area contributed by atoms with E-state index in [0.29, 0.717) is 21.7 Å². The lowest BCUT2D eigenvalue weighted by Gasteiger charge is -2.09. The highest BCUT2D eigenvalue weighted by Gasteiger charge is 2.16. The van der Waals surface area contributed by atoms with E-state index < -0.39 is 11.7 Å². The zero-order valence-corrected chi connectivity index (χ0v) is 13.6. The maximum Gasteiger partial charge on any atom is 0.259 e. The van der Waals surface area contributed by atoms with E-state index in [4.69, 9.17) is 4.74 Å². The first kappa shape index (κ1) is 15.4. The normalized spacial score (nSPS) is 10.6. The summed E-state index contributed by atoms with van der Waals surface area (Å²) in [6, 6.07) is 9.59. The van der Waals surface area contributed by atoms with E-state index in [1.54, 1.807) is 24.4 Å². The SMILES string of the molecule is COc1cc(C(=O)Nc2ccc3cccnc3n2)c(F)cc1Br. The molecule has 1 amide bonds. The molecule has 7 heteroatoms. The molecule has 0 fully saturated rings. The molecule has 3 rings (SSSR count). The van der Waals surface area contributed by atoms with Crippen molar-refractivity contribution in [3.63, 3.8) is 0 Å². The van der Waals surface area contributed by atoms with Crippen LogP contribution in [0.3, 0.4) is 0 Å². The third-order valence-electron chi connectivity index (χ3n) is 3.19. The number of fused-ring (bicyclic) bond motifs is 1. The molecule has 1 N–H and O–H groups in total. The summed E-state index contributed by atoms with van der Waals surface area (Å²) in [6.07, 6.45) is 1.61. The Morgan fingerprint density at radius 1 is 1.30 bits per heavy atom. The number of halogens is 2. The van der Waals surface area contributed by atoms with Crippen molar-refractivity contribution in [2.24, 2.45) is 0 Å². The van der Waals surface area contributed by atoms with Gasteiger partial charge in [-0.25, -0.2) is 14.4 Å². The van der Waals surface area contributed by atoms with Crippen molar-refractivity contribution in [3.05, 3.63) is 58.4 Å². The molecule has 0 aliphatic heterocycles. The molecule has 0 spiro atoms. The van der Waals surface area contributed by atoms with E-state index in [9.17, 15) is 9.18 Å². The van der Waals surface area contributed by atoms with Crippen LogP contribution in [-0.4, -0.2) is 23.0 Å². The van der Waals surface area contributed by atoms with Crippen molar-refractivity contribution in [1.82, 2.24) is 9.97 Å². The molecule has 23 heavy (non-hydrogen) atoms. The first-order chi connectivity index (χ1) is 11.1. The number of carbonyl (C=O) groups is 1. The summed E-state index contributed by atoms with van der Waals surface area (Å²) in [5.41, 5.74) is 0.368. The molecule has 2 heterocycles. The highest BCUT2D eigenvalue weighted by Crippen LogP contribution is 2.28. The second-order valence-corrected chi connectivity index (χ2v) is 5.52. The van der Waals surface area contributed by atoms with Gasteiger partial charge in [-0.05, 0) is 52.3 Å². The van der Waals surface area contributed by atoms with E-state index in [0.717, 1.165) is 5.39 Å². The fourth-order valence-electron chi connectivity index (χ4n) is 2.07. The number of anilines is 1. The lowest BCUT2D eigenvalue weighted by molar-refractivity contribution is 0.102. The Hall–Kier alpha value is -2.54. The Morgan fingerprint density at radius 3 is 2.91 bits per heavy atom. The van der Waals surface area contributed by atoms with Crippen molar-refractivity contribution in [1.29, 1.82) is 0 Å². The van der Waals surface area contributed by atoms with Gasteiger partial charge in [0.05, 0.1) is 17.1 Å².